The standard InChI is InChI=1S/C21H31NO3/c1-4-16(12-23)20(24)22-13-21(14-22)10-8-17(9-11-21)18-6-5-7-19(25-3)15(18)2/h5-7,16-17,23H,4,8-14H2,1-3H3/t16-/m1/s1. The summed E-state index contributed by atoms with van der Waals surface area (Å²) in [7, 11) is 1.73. The molecule has 138 valence electrons. The maximum Gasteiger partial charge on any atom is 0.228 e. The van der Waals surface area contributed by atoms with Crippen molar-refractivity contribution in [1.82, 2.24) is 4.90 Å². The van der Waals surface area contributed by atoms with Gasteiger partial charge in [-0.05, 0) is 62.1 Å². The Bertz CT molecular complexity index is 608. The van der Waals surface area contributed by atoms with E-state index in [4.69, 9.17) is 4.74 Å². The summed E-state index contributed by atoms with van der Waals surface area (Å²) >= 11 is 0. The van der Waals surface area contributed by atoms with Gasteiger partial charge in [-0.25, -0.2) is 0 Å². The normalized spacial score (nSPS) is 21.0. The van der Waals surface area contributed by atoms with Crippen molar-refractivity contribution in [1.29, 1.82) is 0 Å². The van der Waals surface area contributed by atoms with Crippen molar-refractivity contribution >= 4 is 5.91 Å². The van der Waals surface area contributed by atoms with Crippen LogP contribution in [-0.2, 0) is 4.79 Å². The van der Waals surface area contributed by atoms with Crippen LogP contribution in [0.2, 0.25) is 0 Å². The molecule has 1 saturated carbocycles. The number of hydrogen-bond acceptors (Lipinski definition) is 3. The van der Waals surface area contributed by atoms with Gasteiger partial charge in [-0.3, -0.25) is 4.79 Å². The number of likely N-dealkylation sites (tertiary alicyclic amines) is 1. The quantitative estimate of drug-likeness (QED) is 0.888. The van der Waals surface area contributed by atoms with Crippen molar-refractivity contribution < 1.29 is 14.6 Å². The average molecular weight is 345 g/mol. The zero-order valence-electron chi connectivity index (χ0n) is 15.8. The number of rotatable bonds is 5. The summed E-state index contributed by atoms with van der Waals surface area (Å²) in [5.41, 5.74) is 3.02. The second-order valence-electron chi connectivity index (χ2n) is 7.93. The highest BCUT2D eigenvalue weighted by atomic mass is 16.5. The smallest absolute Gasteiger partial charge is 0.228 e. The molecule has 0 aromatic heterocycles. The molecule has 1 spiro atoms. The molecule has 1 aromatic rings. The van der Waals surface area contributed by atoms with E-state index in [0.717, 1.165) is 25.3 Å². The van der Waals surface area contributed by atoms with E-state index in [-0.39, 0.29) is 18.4 Å². The number of aliphatic hydroxyl groups excluding tert-OH is 1. The molecular formula is C21H31NO3. The van der Waals surface area contributed by atoms with E-state index in [0.29, 0.717) is 11.3 Å². The van der Waals surface area contributed by atoms with Crippen molar-refractivity contribution in [2.75, 3.05) is 26.8 Å². The van der Waals surface area contributed by atoms with Gasteiger partial charge < -0.3 is 14.7 Å². The fourth-order valence-electron chi connectivity index (χ4n) is 4.71. The Kier molecular flexibility index (Phi) is 5.38. The highest BCUT2D eigenvalue weighted by molar-refractivity contribution is 5.80. The molecule has 1 N–H and O–H groups in total. The first kappa shape index (κ1) is 18.2. The first-order valence-electron chi connectivity index (χ1n) is 9.56. The third kappa shape index (κ3) is 3.41. The molecule has 1 saturated heterocycles. The summed E-state index contributed by atoms with van der Waals surface area (Å²) in [4.78, 5) is 14.3. The fraction of sp³-hybridized carbons (Fsp3) is 0.667. The molecular weight excluding hydrogens is 314 g/mol. The maximum absolute atomic E-state index is 12.4. The molecule has 4 heteroatoms. The van der Waals surface area contributed by atoms with Crippen LogP contribution in [0.1, 0.15) is 56.1 Å². The van der Waals surface area contributed by atoms with Gasteiger partial charge in [0, 0.05) is 18.5 Å². The third-order valence-corrected chi connectivity index (χ3v) is 6.46. The average Bonchev–Trinajstić information content (AvgIpc) is 2.61. The molecule has 1 aromatic carbocycles. The zero-order chi connectivity index (χ0) is 18.0. The van der Waals surface area contributed by atoms with Crippen LogP contribution in [0.5, 0.6) is 5.75 Å². The van der Waals surface area contributed by atoms with E-state index in [1.807, 2.05) is 17.9 Å². The topological polar surface area (TPSA) is 49.8 Å². The van der Waals surface area contributed by atoms with Crippen molar-refractivity contribution in [3.63, 3.8) is 0 Å². The summed E-state index contributed by atoms with van der Waals surface area (Å²) in [6.07, 6.45) is 5.47. The first-order valence-corrected chi connectivity index (χ1v) is 9.56. The lowest BCUT2D eigenvalue weighted by atomic mass is 9.64. The molecule has 1 heterocycles. The van der Waals surface area contributed by atoms with Crippen LogP contribution in [0.15, 0.2) is 18.2 Å². The number of ether oxygens (including phenoxy) is 1. The maximum atomic E-state index is 12.4. The number of carbonyl (C=O) groups is 1. The van der Waals surface area contributed by atoms with Crippen molar-refractivity contribution in [2.45, 2.75) is 51.9 Å². The van der Waals surface area contributed by atoms with E-state index in [9.17, 15) is 9.90 Å². The number of carbonyl (C=O) groups excluding carboxylic acids is 1. The van der Waals surface area contributed by atoms with Gasteiger partial charge in [-0.15, -0.1) is 0 Å². The van der Waals surface area contributed by atoms with Gasteiger partial charge in [0.2, 0.25) is 5.91 Å². The van der Waals surface area contributed by atoms with E-state index >= 15 is 0 Å². The molecule has 2 fully saturated rings. The van der Waals surface area contributed by atoms with E-state index < -0.39 is 0 Å². The molecule has 1 atom stereocenters. The van der Waals surface area contributed by atoms with Crippen molar-refractivity contribution in [2.24, 2.45) is 11.3 Å². The SMILES string of the molecule is CC[C@H](CO)C(=O)N1CC2(CCC(c3cccc(OC)c3C)CC2)C1. The molecule has 1 aliphatic carbocycles. The lowest BCUT2D eigenvalue weighted by molar-refractivity contribution is -0.151. The molecule has 1 amide bonds. The van der Waals surface area contributed by atoms with Crippen LogP contribution in [0.4, 0.5) is 0 Å². The number of benzene rings is 1. The zero-order valence-corrected chi connectivity index (χ0v) is 15.8. The Morgan fingerprint density at radius 3 is 2.60 bits per heavy atom. The van der Waals surface area contributed by atoms with E-state index in [1.54, 1.807) is 7.11 Å². The summed E-state index contributed by atoms with van der Waals surface area (Å²) in [6, 6.07) is 6.36. The largest absolute Gasteiger partial charge is 0.496 e. The van der Waals surface area contributed by atoms with Crippen LogP contribution in [-0.4, -0.2) is 42.7 Å². The predicted molar refractivity (Wildman–Crippen MR) is 98.8 cm³/mol. The highest BCUT2D eigenvalue weighted by Crippen LogP contribution is 2.49. The molecule has 2 aliphatic rings. The Morgan fingerprint density at radius 1 is 1.36 bits per heavy atom. The van der Waals surface area contributed by atoms with Crippen LogP contribution >= 0.6 is 0 Å². The summed E-state index contributed by atoms with van der Waals surface area (Å²) in [5.74, 6) is 1.51. The molecule has 0 radical (unpaired) electrons. The molecule has 25 heavy (non-hydrogen) atoms. The predicted octanol–water partition coefficient (Wildman–Crippen LogP) is 3.51. The molecule has 3 rings (SSSR count). The molecule has 4 nitrogen and oxygen atoms in total. The number of aliphatic hydroxyl groups is 1. The van der Waals surface area contributed by atoms with E-state index in [2.05, 4.69) is 19.1 Å². The Labute approximate surface area is 151 Å². The van der Waals surface area contributed by atoms with Gasteiger partial charge in [0.25, 0.3) is 0 Å². The minimum absolute atomic E-state index is 0.0317. The van der Waals surface area contributed by atoms with Gasteiger partial charge in [-0.2, -0.15) is 0 Å². The third-order valence-electron chi connectivity index (χ3n) is 6.46. The van der Waals surface area contributed by atoms with Crippen molar-refractivity contribution in [3.05, 3.63) is 29.3 Å². The number of methoxy groups -OCH3 is 1. The van der Waals surface area contributed by atoms with Gasteiger partial charge in [-0.1, -0.05) is 19.1 Å². The van der Waals surface area contributed by atoms with Gasteiger partial charge in [0.15, 0.2) is 0 Å². The molecule has 0 unspecified atom stereocenters. The number of amides is 1. The van der Waals surface area contributed by atoms with Gasteiger partial charge in [0.05, 0.1) is 19.6 Å². The van der Waals surface area contributed by atoms with Crippen molar-refractivity contribution in [3.8, 4) is 5.75 Å². The Hall–Kier alpha value is -1.55. The lowest BCUT2D eigenvalue weighted by Gasteiger charge is -2.54. The summed E-state index contributed by atoms with van der Waals surface area (Å²) < 4.78 is 5.47. The Morgan fingerprint density at radius 2 is 2.04 bits per heavy atom. The Balaban J connectivity index is 1.58. The number of nitrogens with zero attached hydrogens (tertiary/aromatic N) is 1. The molecule has 0 bridgehead atoms. The monoisotopic (exact) mass is 345 g/mol. The minimum Gasteiger partial charge on any atom is -0.496 e. The summed E-state index contributed by atoms with van der Waals surface area (Å²) in [6.45, 7) is 5.85. The highest BCUT2D eigenvalue weighted by Gasteiger charge is 2.47. The van der Waals surface area contributed by atoms with Crippen LogP contribution < -0.4 is 4.74 Å². The van der Waals surface area contributed by atoms with Crippen LogP contribution in [0.3, 0.4) is 0 Å². The van der Waals surface area contributed by atoms with Gasteiger partial charge in [0.1, 0.15) is 5.75 Å². The van der Waals surface area contributed by atoms with E-state index in [1.165, 1.54) is 36.8 Å². The minimum atomic E-state index is -0.215. The second kappa shape index (κ2) is 7.36. The first-order chi connectivity index (χ1) is 12.0. The second-order valence-corrected chi connectivity index (χ2v) is 7.93. The van der Waals surface area contributed by atoms with Crippen LogP contribution in [0.25, 0.3) is 0 Å². The molecule has 1 aliphatic heterocycles. The van der Waals surface area contributed by atoms with Gasteiger partial charge >= 0.3 is 0 Å². The fourth-order valence-corrected chi connectivity index (χ4v) is 4.71. The van der Waals surface area contributed by atoms with Crippen LogP contribution in [0, 0.1) is 18.3 Å². The summed E-state index contributed by atoms with van der Waals surface area (Å²) in [5, 5.41) is 9.34. The lowest BCUT2D eigenvalue weighted by Crippen LogP contribution is -2.60. The number of hydrogen-bond donors (Lipinski definition) is 1.